The molecule has 0 saturated heterocycles. The second-order valence-electron chi connectivity index (χ2n) is 4.71. The molecule has 4 heteroatoms. The van der Waals surface area contributed by atoms with Gasteiger partial charge in [-0.25, -0.2) is 4.39 Å². The van der Waals surface area contributed by atoms with E-state index in [4.69, 9.17) is 23.2 Å². The fourth-order valence-electron chi connectivity index (χ4n) is 2.38. The van der Waals surface area contributed by atoms with Crippen molar-refractivity contribution in [1.29, 1.82) is 0 Å². The van der Waals surface area contributed by atoms with Crippen molar-refractivity contribution in [1.82, 2.24) is 0 Å². The highest BCUT2D eigenvalue weighted by Gasteiger charge is 2.17. The highest BCUT2D eigenvalue weighted by Crippen LogP contribution is 2.39. The van der Waals surface area contributed by atoms with Gasteiger partial charge in [0.15, 0.2) is 0 Å². The maximum absolute atomic E-state index is 13.9. The molecule has 1 unspecified atom stereocenters. The van der Waals surface area contributed by atoms with Crippen molar-refractivity contribution in [3.8, 4) is 0 Å². The van der Waals surface area contributed by atoms with Crippen LogP contribution in [-0.2, 0) is 0 Å². The summed E-state index contributed by atoms with van der Waals surface area (Å²) in [5.41, 5.74) is 1.82. The largest absolute Gasteiger partial charge is 0.206 e. The van der Waals surface area contributed by atoms with Crippen molar-refractivity contribution >= 4 is 49.9 Å². The van der Waals surface area contributed by atoms with Gasteiger partial charge >= 0.3 is 0 Å². The number of alkyl halides is 1. The summed E-state index contributed by atoms with van der Waals surface area (Å²) in [4.78, 5) is -0.158. The van der Waals surface area contributed by atoms with E-state index < -0.39 is 0 Å². The molecule has 0 heterocycles. The van der Waals surface area contributed by atoms with Gasteiger partial charge in [-0.2, -0.15) is 0 Å². The minimum atomic E-state index is -0.230. The van der Waals surface area contributed by atoms with E-state index in [0.717, 1.165) is 16.5 Å². The lowest BCUT2D eigenvalue weighted by Gasteiger charge is -2.16. The lowest BCUT2D eigenvalue weighted by Crippen LogP contribution is -1.96. The van der Waals surface area contributed by atoms with Crippen LogP contribution in [0.1, 0.15) is 16.0 Å². The van der Waals surface area contributed by atoms with Crippen LogP contribution in [-0.4, -0.2) is 0 Å². The molecule has 3 rings (SSSR count). The summed E-state index contributed by atoms with van der Waals surface area (Å²) in [6.45, 7) is 0. The van der Waals surface area contributed by atoms with E-state index in [1.165, 1.54) is 6.07 Å². The molecular formula is C17H10BrCl2F. The lowest BCUT2D eigenvalue weighted by molar-refractivity contribution is 0.639. The Morgan fingerprint density at radius 3 is 2.33 bits per heavy atom. The van der Waals surface area contributed by atoms with E-state index in [2.05, 4.69) is 15.9 Å². The average Bonchev–Trinajstić information content (AvgIpc) is 2.50. The third kappa shape index (κ3) is 2.80. The van der Waals surface area contributed by atoms with Crippen LogP contribution in [0.3, 0.4) is 0 Å². The summed E-state index contributed by atoms with van der Waals surface area (Å²) in [7, 11) is 0. The molecule has 0 saturated carbocycles. The fourth-order valence-corrected chi connectivity index (χ4v) is 3.70. The first-order valence-electron chi connectivity index (χ1n) is 6.34. The van der Waals surface area contributed by atoms with E-state index in [-0.39, 0.29) is 10.6 Å². The van der Waals surface area contributed by atoms with Gasteiger partial charge < -0.3 is 0 Å². The molecule has 0 aliphatic rings. The SMILES string of the molecule is Fc1ccc(C(Br)c2cc(Cl)ccc2Cl)c2ccccc12. The van der Waals surface area contributed by atoms with Gasteiger partial charge in [-0.1, -0.05) is 69.5 Å². The summed E-state index contributed by atoms with van der Waals surface area (Å²) < 4.78 is 13.9. The Bertz CT molecular complexity index is 817. The molecule has 0 fully saturated rings. The van der Waals surface area contributed by atoms with Crippen LogP contribution >= 0.6 is 39.1 Å². The third-order valence-corrected chi connectivity index (χ3v) is 4.97. The maximum Gasteiger partial charge on any atom is 0.131 e. The zero-order valence-electron chi connectivity index (χ0n) is 10.8. The molecule has 21 heavy (non-hydrogen) atoms. The Morgan fingerprint density at radius 2 is 1.57 bits per heavy atom. The first-order chi connectivity index (χ1) is 10.1. The summed E-state index contributed by atoms with van der Waals surface area (Å²) in [6, 6.07) is 16.0. The van der Waals surface area contributed by atoms with Gasteiger partial charge in [-0.3, -0.25) is 0 Å². The molecule has 0 aliphatic heterocycles. The first-order valence-corrected chi connectivity index (χ1v) is 8.01. The predicted molar refractivity (Wildman–Crippen MR) is 91.1 cm³/mol. The topological polar surface area (TPSA) is 0 Å². The van der Waals surface area contributed by atoms with Gasteiger partial charge in [0, 0.05) is 15.4 Å². The van der Waals surface area contributed by atoms with E-state index in [9.17, 15) is 4.39 Å². The molecule has 1 atom stereocenters. The molecule has 0 spiro atoms. The monoisotopic (exact) mass is 382 g/mol. The maximum atomic E-state index is 13.9. The van der Waals surface area contributed by atoms with Crippen LogP contribution in [0.4, 0.5) is 4.39 Å². The standard InChI is InChI=1S/C17H10BrCl2F/c18-17(14-9-10(19)5-7-15(14)20)13-6-8-16(21)12-4-2-1-3-11(12)13/h1-9,17H. The molecule has 106 valence electrons. The van der Waals surface area contributed by atoms with E-state index in [1.54, 1.807) is 24.3 Å². The Labute approximate surface area is 140 Å². The van der Waals surface area contributed by atoms with Crippen molar-refractivity contribution in [2.45, 2.75) is 4.83 Å². The van der Waals surface area contributed by atoms with E-state index >= 15 is 0 Å². The molecule has 0 bridgehead atoms. The van der Waals surface area contributed by atoms with Gasteiger partial charge in [0.2, 0.25) is 0 Å². The Kier molecular flexibility index (Phi) is 4.21. The van der Waals surface area contributed by atoms with Crippen molar-refractivity contribution in [3.63, 3.8) is 0 Å². The summed E-state index contributed by atoms with van der Waals surface area (Å²) >= 11 is 16.0. The zero-order valence-corrected chi connectivity index (χ0v) is 13.9. The molecule has 0 nitrogen and oxygen atoms in total. The van der Waals surface area contributed by atoms with Crippen LogP contribution in [0, 0.1) is 5.82 Å². The van der Waals surface area contributed by atoms with Crippen LogP contribution in [0.25, 0.3) is 10.8 Å². The lowest BCUT2D eigenvalue weighted by atomic mass is 9.98. The molecule has 0 aliphatic carbocycles. The number of fused-ring (bicyclic) bond motifs is 1. The molecule has 0 aromatic heterocycles. The number of halogens is 4. The third-order valence-electron chi connectivity index (χ3n) is 3.41. The van der Waals surface area contributed by atoms with Gasteiger partial charge in [0.05, 0.1) is 4.83 Å². The average molecular weight is 384 g/mol. The van der Waals surface area contributed by atoms with Crippen molar-refractivity contribution < 1.29 is 4.39 Å². The Hall–Kier alpha value is -1.09. The molecular weight excluding hydrogens is 374 g/mol. The van der Waals surface area contributed by atoms with Gasteiger partial charge in [0.1, 0.15) is 5.82 Å². The van der Waals surface area contributed by atoms with Crippen molar-refractivity contribution in [2.24, 2.45) is 0 Å². The predicted octanol–water partition coefficient (Wildman–Crippen LogP) is 6.77. The fraction of sp³-hybridized carbons (Fsp3) is 0.0588. The highest BCUT2D eigenvalue weighted by molar-refractivity contribution is 9.09. The number of hydrogen-bond donors (Lipinski definition) is 0. The smallest absolute Gasteiger partial charge is 0.131 e. The van der Waals surface area contributed by atoms with E-state index in [1.807, 2.05) is 24.3 Å². The van der Waals surface area contributed by atoms with Crippen LogP contribution in [0.2, 0.25) is 10.0 Å². The van der Waals surface area contributed by atoms with Crippen LogP contribution in [0.5, 0.6) is 0 Å². The Morgan fingerprint density at radius 1 is 0.857 bits per heavy atom. The summed E-state index contributed by atoms with van der Waals surface area (Å²) in [5, 5.41) is 2.69. The van der Waals surface area contributed by atoms with Crippen molar-refractivity contribution in [3.05, 3.63) is 81.6 Å². The number of benzene rings is 3. The van der Waals surface area contributed by atoms with Gasteiger partial charge in [-0.05, 0) is 40.8 Å². The quantitative estimate of drug-likeness (QED) is 0.428. The normalized spacial score (nSPS) is 12.6. The van der Waals surface area contributed by atoms with E-state index in [0.29, 0.717) is 15.4 Å². The molecule has 3 aromatic rings. The summed E-state index contributed by atoms with van der Waals surface area (Å²) in [6.07, 6.45) is 0. The van der Waals surface area contributed by atoms with Gasteiger partial charge in [-0.15, -0.1) is 0 Å². The van der Waals surface area contributed by atoms with Gasteiger partial charge in [0.25, 0.3) is 0 Å². The number of rotatable bonds is 2. The summed E-state index contributed by atoms with van der Waals surface area (Å²) in [5.74, 6) is -0.230. The molecule has 0 amide bonds. The minimum absolute atomic E-state index is 0.158. The number of hydrogen-bond acceptors (Lipinski definition) is 0. The minimum Gasteiger partial charge on any atom is -0.206 e. The molecule has 0 N–H and O–H groups in total. The van der Waals surface area contributed by atoms with Crippen LogP contribution in [0.15, 0.2) is 54.6 Å². The van der Waals surface area contributed by atoms with Crippen LogP contribution < -0.4 is 0 Å². The second kappa shape index (κ2) is 5.96. The Balaban J connectivity index is 2.20. The zero-order chi connectivity index (χ0) is 15.0. The second-order valence-corrected chi connectivity index (χ2v) is 6.47. The first kappa shape index (κ1) is 14.8. The molecule has 3 aromatic carbocycles. The van der Waals surface area contributed by atoms with Crippen molar-refractivity contribution in [2.75, 3.05) is 0 Å². The highest BCUT2D eigenvalue weighted by atomic mass is 79.9. The molecule has 0 radical (unpaired) electrons.